The van der Waals surface area contributed by atoms with E-state index < -0.39 is 15.5 Å². The molecule has 0 fully saturated rings. The fraction of sp³-hybridized carbons (Fsp3) is 0.562. The highest BCUT2D eigenvalue weighted by Gasteiger charge is 2.38. The van der Waals surface area contributed by atoms with Crippen LogP contribution in [0.25, 0.3) is 4.72 Å². The van der Waals surface area contributed by atoms with Gasteiger partial charge >= 0.3 is 11.5 Å². The van der Waals surface area contributed by atoms with Gasteiger partial charge in [-0.15, -0.1) is 6.54 Å². The molecule has 160 valence electrons. The van der Waals surface area contributed by atoms with Crippen LogP contribution in [-0.2, 0) is 14.8 Å². The molecule has 0 aromatic heterocycles. The van der Waals surface area contributed by atoms with E-state index in [9.17, 15) is 26.4 Å². The largest absolute Gasteiger partial charge is 0.541 e. The summed E-state index contributed by atoms with van der Waals surface area (Å²) >= 11 is 6.43. The van der Waals surface area contributed by atoms with E-state index in [0.29, 0.717) is 25.0 Å². The summed E-state index contributed by atoms with van der Waals surface area (Å²) < 4.78 is 68.6. The summed E-state index contributed by atoms with van der Waals surface area (Å²) in [5, 5.41) is 0. The van der Waals surface area contributed by atoms with Crippen LogP contribution in [0.2, 0.25) is 0 Å². The Morgan fingerprint density at radius 3 is 2.18 bits per heavy atom. The zero-order valence-corrected chi connectivity index (χ0v) is 21.9. The second kappa shape index (κ2) is 12.4. The predicted octanol–water partition coefficient (Wildman–Crippen LogP) is 6.22. The number of hydrogen-bond donors (Lipinski definition) is 0. The average molecular weight is 758 g/mol. The maximum Gasteiger partial charge on any atom is 0.480 e. The maximum absolute atomic E-state index is 12.2. The molecular weight excluding hydrogens is 740 g/mol. The van der Waals surface area contributed by atoms with E-state index in [0.717, 1.165) is 30.0 Å². The molecule has 12 heteroatoms. The lowest BCUT2D eigenvalue weighted by molar-refractivity contribution is -0.0427. The van der Waals surface area contributed by atoms with Gasteiger partial charge in [0, 0.05) is 10.7 Å². The van der Waals surface area contributed by atoms with E-state index in [1.165, 1.54) is 0 Å². The third-order valence-electron chi connectivity index (χ3n) is 3.55. The SMILES string of the molecule is O=C(OCCCCCCCC[N-]S(=O)(=O)C(F)(F)F)c1cc(I)cc(I)c1I. The van der Waals surface area contributed by atoms with Gasteiger partial charge in [0.1, 0.15) is 0 Å². The van der Waals surface area contributed by atoms with E-state index in [4.69, 9.17) is 4.74 Å². The van der Waals surface area contributed by atoms with Gasteiger partial charge in [0.15, 0.2) is 10.0 Å². The van der Waals surface area contributed by atoms with Crippen LogP contribution in [0.3, 0.4) is 0 Å². The van der Waals surface area contributed by atoms with Crippen LogP contribution in [0, 0.1) is 10.7 Å². The average Bonchev–Trinajstić information content (AvgIpc) is 2.58. The molecule has 0 heterocycles. The lowest BCUT2D eigenvalue weighted by Crippen LogP contribution is -2.22. The Labute approximate surface area is 203 Å². The number of rotatable bonds is 11. The molecule has 0 radical (unpaired) electrons. The van der Waals surface area contributed by atoms with E-state index in [1.807, 2.05) is 6.07 Å². The molecule has 0 N–H and O–H groups in total. The molecule has 0 saturated heterocycles. The number of esters is 1. The number of alkyl halides is 3. The third kappa shape index (κ3) is 9.16. The number of sulfonamides is 1. The minimum absolute atomic E-state index is 0.286. The Morgan fingerprint density at radius 1 is 1.00 bits per heavy atom. The monoisotopic (exact) mass is 758 g/mol. The smallest absolute Gasteiger partial charge is 0.480 e. The molecule has 1 rings (SSSR count). The molecule has 0 saturated carbocycles. The molecule has 0 unspecified atom stereocenters. The van der Waals surface area contributed by atoms with Crippen molar-refractivity contribution >= 4 is 83.8 Å². The van der Waals surface area contributed by atoms with Gasteiger partial charge < -0.3 is 9.46 Å². The van der Waals surface area contributed by atoms with Gasteiger partial charge in [-0.05, 0) is 86.3 Å². The van der Waals surface area contributed by atoms with Crippen molar-refractivity contribution in [3.8, 4) is 0 Å². The van der Waals surface area contributed by atoms with Gasteiger partial charge in [-0.25, -0.2) is 13.2 Å². The molecule has 0 bridgehead atoms. The van der Waals surface area contributed by atoms with E-state index in [1.54, 1.807) is 6.07 Å². The molecule has 5 nitrogen and oxygen atoms in total. The van der Waals surface area contributed by atoms with E-state index >= 15 is 0 Å². The van der Waals surface area contributed by atoms with Crippen LogP contribution in [0.1, 0.15) is 48.9 Å². The van der Waals surface area contributed by atoms with Crippen LogP contribution >= 0.6 is 67.8 Å². The molecule has 0 aliphatic heterocycles. The Bertz CT molecular complexity index is 773. The number of nitrogens with zero attached hydrogens (tertiary/aromatic N) is 1. The number of carbonyl (C=O) groups excluding carboxylic acids is 1. The normalized spacial score (nSPS) is 12.2. The van der Waals surface area contributed by atoms with Crippen molar-refractivity contribution in [3.05, 3.63) is 33.1 Å². The zero-order chi connectivity index (χ0) is 21.4. The van der Waals surface area contributed by atoms with Crippen molar-refractivity contribution in [3.63, 3.8) is 0 Å². The molecule has 0 aliphatic carbocycles. The molecular formula is C16H18F3I3NO4S-. The standard InChI is InChI=1S/C16H18F3I3NO4S/c17-16(18,19)28(25,26)23-7-5-3-1-2-4-6-8-27-15(24)12-9-11(20)10-13(21)14(12)22/h9-10H,1-8H2/q-1. The first kappa shape index (κ1) is 26.6. The number of halogens is 6. The second-order valence-corrected chi connectivity index (χ2v) is 10.9. The van der Waals surface area contributed by atoms with Crippen LogP contribution in [-0.4, -0.2) is 33.0 Å². The quantitative estimate of drug-likeness (QED) is 0.116. The first-order valence-electron chi connectivity index (χ1n) is 8.27. The summed E-state index contributed by atoms with van der Waals surface area (Å²) in [5.74, 6) is -0.353. The Morgan fingerprint density at radius 2 is 1.57 bits per heavy atom. The number of carbonyl (C=O) groups is 1. The fourth-order valence-electron chi connectivity index (χ4n) is 2.13. The van der Waals surface area contributed by atoms with E-state index in [-0.39, 0.29) is 18.9 Å². The van der Waals surface area contributed by atoms with Gasteiger partial charge in [0.25, 0.3) is 0 Å². The van der Waals surface area contributed by atoms with Gasteiger partial charge in [-0.1, -0.05) is 32.1 Å². The lowest BCUT2D eigenvalue weighted by atomic mass is 10.1. The molecule has 28 heavy (non-hydrogen) atoms. The predicted molar refractivity (Wildman–Crippen MR) is 126 cm³/mol. The molecule has 0 amide bonds. The zero-order valence-electron chi connectivity index (χ0n) is 14.6. The molecule has 0 aliphatic rings. The van der Waals surface area contributed by atoms with Gasteiger partial charge in [0.05, 0.1) is 12.2 Å². The summed E-state index contributed by atoms with van der Waals surface area (Å²) in [6, 6.07) is 3.77. The maximum atomic E-state index is 12.2. The summed E-state index contributed by atoms with van der Waals surface area (Å²) in [6.45, 7) is -0.0527. The van der Waals surface area contributed by atoms with Crippen molar-refractivity contribution in [2.75, 3.05) is 13.2 Å². The Balaban J connectivity index is 2.14. The number of unbranched alkanes of at least 4 members (excludes halogenated alkanes) is 5. The number of hydrogen-bond acceptors (Lipinski definition) is 4. The van der Waals surface area contributed by atoms with Crippen molar-refractivity contribution in [1.29, 1.82) is 0 Å². The van der Waals surface area contributed by atoms with E-state index in [2.05, 4.69) is 72.5 Å². The summed E-state index contributed by atoms with van der Waals surface area (Å²) in [7, 11) is -5.37. The molecule has 0 atom stereocenters. The van der Waals surface area contributed by atoms with Crippen LogP contribution < -0.4 is 0 Å². The fourth-order valence-corrected chi connectivity index (χ4v) is 5.02. The Hall–Kier alpha value is 0.580. The van der Waals surface area contributed by atoms with Gasteiger partial charge in [-0.2, -0.15) is 13.2 Å². The summed E-state index contributed by atoms with van der Waals surface area (Å²) in [6.07, 6.45) is 3.96. The minimum atomic E-state index is -5.37. The van der Waals surface area contributed by atoms with Crippen LogP contribution in [0.4, 0.5) is 13.2 Å². The van der Waals surface area contributed by atoms with Crippen molar-refractivity contribution in [2.24, 2.45) is 0 Å². The minimum Gasteiger partial charge on any atom is -0.541 e. The number of ether oxygens (including phenoxy) is 1. The Kier molecular flexibility index (Phi) is 11.8. The highest BCUT2D eigenvalue weighted by atomic mass is 127. The third-order valence-corrected chi connectivity index (χ3v) is 8.33. The number of benzene rings is 1. The van der Waals surface area contributed by atoms with Crippen molar-refractivity contribution in [1.82, 2.24) is 0 Å². The first-order chi connectivity index (χ1) is 13.0. The van der Waals surface area contributed by atoms with Gasteiger partial charge in [-0.3, -0.25) is 0 Å². The topological polar surface area (TPSA) is 74.5 Å². The lowest BCUT2D eigenvalue weighted by Gasteiger charge is -2.21. The highest BCUT2D eigenvalue weighted by molar-refractivity contribution is 14.1. The van der Waals surface area contributed by atoms with Crippen molar-refractivity contribution < 1.29 is 31.1 Å². The molecule has 0 spiro atoms. The second-order valence-electron chi connectivity index (χ2n) is 5.78. The summed E-state index contributed by atoms with van der Waals surface area (Å²) in [5.41, 5.74) is -4.77. The first-order valence-corrected chi connectivity index (χ1v) is 12.9. The van der Waals surface area contributed by atoms with Crippen LogP contribution in [0.5, 0.6) is 0 Å². The molecule has 1 aromatic carbocycles. The van der Waals surface area contributed by atoms with Crippen LogP contribution in [0.15, 0.2) is 12.1 Å². The van der Waals surface area contributed by atoms with Crippen molar-refractivity contribution in [2.45, 2.75) is 44.0 Å². The molecule has 1 aromatic rings. The summed E-state index contributed by atoms with van der Waals surface area (Å²) in [4.78, 5) is 12.2. The highest BCUT2D eigenvalue weighted by Crippen LogP contribution is 2.28. The van der Waals surface area contributed by atoms with Gasteiger partial charge in [0.2, 0.25) is 0 Å².